The van der Waals surface area contributed by atoms with Crippen LogP contribution in [-0.2, 0) is 22.5 Å². The van der Waals surface area contributed by atoms with E-state index in [-0.39, 0.29) is 12.0 Å². The number of para-hydroxylation sites is 2. The third-order valence-corrected chi connectivity index (χ3v) is 6.71. The quantitative estimate of drug-likeness (QED) is 0.373. The molecule has 0 spiro atoms. The highest BCUT2D eigenvalue weighted by atomic mass is 16.5. The molecule has 4 rings (SSSR count). The van der Waals surface area contributed by atoms with Crippen molar-refractivity contribution in [3.63, 3.8) is 0 Å². The van der Waals surface area contributed by atoms with E-state index in [9.17, 15) is 4.79 Å². The van der Waals surface area contributed by atoms with Crippen LogP contribution in [0.2, 0.25) is 0 Å². The molecule has 34 heavy (non-hydrogen) atoms. The molecule has 2 aromatic carbocycles. The molecule has 0 bridgehead atoms. The highest BCUT2D eigenvalue weighted by molar-refractivity contribution is 5.81. The molecule has 0 saturated carbocycles. The summed E-state index contributed by atoms with van der Waals surface area (Å²) in [5.41, 5.74) is 3.51. The SMILES string of the molecule is CCC(C)c1ccc(OCCCCn2c(CCNC(=O)C3CCCO3)nc3ccccc32)cc1. The van der Waals surface area contributed by atoms with E-state index in [4.69, 9.17) is 14.5 Å². The standard InChI is InChI=1S/C28H37N3O3/c1-3-21(2)22-12-14-23(15-13-22)33-19-7-6-18-31-25-10-5-4-9-24(25)30-27(31)16-17-29-28(32)26-11-8-20-34-26/h4-5,9-10,12-15,21,26H,3,6-8,11,16-20H2,1-2H3,(H,29,32). The highest BCUT2D eigenvalue weighted by Gasteiger charge is 2.23. The molecular weight excluding hydrogens is 426 g/mol. The van der Waals surface area contributed by atoms with E-state index in [0.29, 0.717) is 32.1 Å². The van der Waals surface area contributed by atoms with Crippen LogP contribution in [0, 0.1) is 0 Å². The zero-order valence-corrected chi connectivity index (χ0v) is 20.5. The normalized spacial score (nSPS) is 16.6. The van der Waals surface area contributed by atoms with Crippen molar-refractivity contribution in [2.45, 2.75) is 70.9 Å². The van der Waals surface area contributed by atoms with Gasteiger partial charge in [-0.2, -0.15) is 0 Å². The highest BCUT2D eigenvalue weighted by Crippen LogP contribution is 2.22. The average molecular weight is 464 g/mol. The molecule has 1 aromatic heterocycles. The van der Waals surface area contributed by atoms with Gasteiger partial charge in [0.1, 0.15) is 17.7 Å². The number of imidazole rings is 1. The van der Waals surface area contributed by atoms with Gasteiger partial charge in [-0.05, 0) is 67.9 Å². The summed E-state index contributed by atoms with van der Waals surface area (Å²) in [6, 6.07) is 16.7. The number of amides is 1. The molecule has 182 valence electrons. The maximum absolute atomic E-state index is 12.2. The van der Waals surface area contributed by atoms with Crippen LogP contribution in [-0.4, -0.2) is 41.3 Å². The summed E-state index contributed by atoms with van der Waals surface area (Å²) in [6.07, 6.45) is 5.30. The molecule has 6 nitrogen and oxygen atoms in total. The van der Waals surface area contributed by atoms with Crippen molar-refractivity contribution in [2.75, 3.05) is 19.8 Å². The number of aryl methyl sites for hydroxylation is 1. The van der Waals surface area contributed by atoms with Gasteiger partial charge in [-0.1, -0.05) is 38.1 Å². The molecule has 1 aliphatic heterocycles. The van der Waals surface area contributed by atoms with Crippen LogP contribution < -0.4 is 10.1 Å². The van der Waals surface area contributed by atoms with Crippen molar-refractivity contribution < 1.29 is 14.3 Å². The predicted octanol–water partition coefficient (Wildman–Crippen LogP) is 5.25. The van der Waals surface area contributed by atoms with Crippen LogP contribution in [0.1, 0.15) is 63.3 Å². The summed E-state index contributed by atoms with van der Waals surface area (Å²) in [5.74, 6) is 2.52. The lowest BCUT2D eigenvalue weighted by Crippen LogP contribution is -2.35. The van der Waals surface area contributed by atoms with Crippen molar-refractivity contribution in [1.82, 2.24) is 14.9 Å². The van der Waals surface area contributed by atoms with Crippen molar-refractivity contribution in [3.05, 3.63) is 59.9 Å². The minimum atomic E-state index is -0.287. The number of nitrogens with zero attached hydrogens (tertiary/aromatic N) is 2. The Morgan fingerprint density at radius 2 is 2.03 bits per heavy atom. The molecule has 0 aliphatic carbocycles. The molecule has 2 atom stereocenters. The molecule has 1 N–H and O–H groups in total. The first-order chi connectivity index (χ1) is 16.7. The van der Waals surface area contributed by atoms with Gasteiger partial charge in [0.05, 0.1) is 17.6 Å². The molecule has 3 aromatic rings. The first-order valence-electron chi connectivity index (χ1n) is 12.7. The fourth-order valence-electron chi connectivity index (χ4n) is 4.45. The van der Waals surface area contributed by atoms with Crippen LogP contribution in [0.4, 0.5) is 0 Å². The van der Waals surface area contributed by atoms with E-state index in [1.807, 2.05) is 12.1 Å². The number of ether oxygens (including phenoxy) is 2. The number of carbonyl (C=O) groups is 1. The van der Waals surface area contributed by atoms with Gasteiger partial charge in [-0.15, -0.1) is 0 Å². The lowest BCUT2D eigenvalue weighted by atomic mass is 9.99. The first-order valence-corrected chi connectivity index (χ1v) is 12.7. The molecule has 6 heteroatoms. The van der Waals surface area contributed by atoms with Gasteiger partial charge in [-0.3, -0.25) is 4.79 Å². The Morgan fingerprint density at radius 3 is 2.79 bits per heavy atom. The Labute approximate surface area is 202 Å². The van der Waals surface area contributed by atoms with E-state index in [1.165, 1.54) is 5.56 Å². The number of nitrogens with one attached hydrogen (secondary N) is 1. The van der Waals surface area contributed by atoms with Crippen molar-refractivity contribution in [2.24, 2.45) is 0 Å². The van der Waals surface area contributed by atoms with Crippen LogP contribution >= 0.6 is 0 Å². The number of aromatic nitrogens is 2. The monoisotopic (exact) mass is 463 g/mol. The number of benzene rings is 2. The van der Waals surface area contributed by atoms with Gasteiger partial charge < -0.3 is 19.4 Å². The minimum absolute atomic E-state index is 0.00510. The Kier molecular flexibility index (Phi) is 8.58. The van der Waals surface area contributed by atoms with Crippen molar-refractivity contribution in [3.8, 4) is 5.75 Å². The Bertz CT molecular complexity index is 1050. The fraction of sp³-hybridized carbons (Fsp3) is 0.500. The molecule has 1 fully saturated rings. The summed E-state index contributed by atoms with van der Waals surface area (Å²) >= 11 is 0. The van der Waals surface area contributed by atoms with Gasteiger partial charge in [0.2, 0.25) is 5.91 Å². The number of unbranched alkanes of at least 4 members (excludes halogenated alkanes) is 1. The average Bonchev–Trinajstić information content (AvgIpc) is 3.52. The van der Waals surface area contributed by atoms with Gasteiger partial charge in [0.25, 0.3) is 0 Å². The van der Waals surface area contributed by atoms with Gasteiger partial charge in [-0.25, -0.2) is 4.98 Å². The zero-order chi connectivity index (χ0) is 23.8. The second-order valence-electron chi connectivity index (χ2n) is 9.14. The molecule has 2 heterocycles. The lowest BCUT2D eigenvalue weighted by molar-refractivity contribution is -0.130. The minimum Gasteiger partial charge on any atom is -0.494 e. The summed E-state index contributed by atoms with van der Waals surface area (Å²) in [5, 5.41) is 3.02. The first kappa shape index (κ1) is 24.3. The summed E-state index contributed by atoms with van der Waals surface area (Å²) in [4.78, 5) is 17.1. The molecule has 1 saturated heterocycles. The maximum Gasteiger partial charge on any atom is 0.249 e. The maximum atomic E-state index is 12.2. The van der Waals surface area contributed by atoms with E-state index in [0.717, 1.165) is 61.3 Å². The summed E-state index contributed by atoms with van der Waals surface area (Å²) < 4.78 is 13.7. The third kappa shape index (κ3) is 6.17. The predicted molar refractivity (Wildman–Crippen MR) is 135 cm³/mol. The summed E-state index contributed by atoms with van der Waals surface area (Å²) in [7, 11) is 0. The number of rotatable bonds is 12. The van der Waals surface area contributed by atoms with E-state index < -0.39 is 0 Å². The molecule has 2 unspecified atom stereocenters. The summed E-state index contributed by atoms with van der Waals surface area (Å²) in [6.45, 7) is 7.29. The van der Waals surface area contributed by atoms with Crippen LogP contribution in [0.5, 0.6) is 5.75 Å². The van der Waals surface area contributed by atoms with E-state index in [1.54, 1.807) is 0 Å². The van der Waals surface area contributed by atoms with Crippen LogP contribution in [0.25, 0.3) is 11.0 Å². The van der Waals surface area contributed by atoms with Crippen LogP contribution in [0.3, 0.4) is 0 Å². The number of hydrogen-bond donors (Lipinski definition) is 1. The number of fused-ring (bicyclic) bond motifs is 1. The largest absolute Gasteiger partial charge is 0.494 e. The van der Waals surface area contributed by atoms with Crippen LogP contribution in [0.15, 0.2) is 48.5 Å². The van der Waals surface area contributed by atoms with E-state index in [2.05, 4.69) is 60.1 Å². The van der Waals surface area contributed by atoms with Gasteiger partial charge in [0, 0.05) is 26.1 Å². The Balaban J connectivity index is 1.27. The van der Waals surface area contributed by atoms with Crippen molar-refractivity contribution >= 4 is 16.9 Å². The fourth-order valence-corrected chi connectivity index (χ4v) is 4.45. The van der Waals surface area contributed by atoms with Gasteiger partial charge >= 0.3 is 0 Å². The molecule has 0 radical (unpaired) electrons. The Hall–Kier alpha value is -2.86. The van der Waals surface area contributed by atoms with E-state index >= 15 is 0 Å². The van der Waals surface area contributed by atoms with Gasteiger partial charge in [0.15, 0.2) is 0 Å². The molecular formula is C28H37N3O3. The number of carbonyl (C=O) groups excluding carboxylic acids is 1. The zero-order valence-electron chi connectivity index (χ0n) is 20.5. The Morgan fingerprint density at radius 1 is 1.21 bits per heavy atom. The van der Waals surface area contributed by atoms with Crippen molar-refractivity contribution in [1.29, 1.82) is 0 Å². The molecule has 1 aliphatic rings. The topological polar surface area (TPSA) is 65.4 Å². The third-order valence-electron chi connectivity index (χ3n) is 6.71. The second-order valence-corrected chi connectivity index (χ2v) is 9.14. The second kappa shape index (κ2) is 12.0. The smallest absolute Gasteiger partial charge is 0.249 e. The molecule has 1 amide bonds. The number of hydrogen-bond acceptors (Lipinski definition) is 4. The lowest BCUT2D eigenvalue weighted by Gasteiger charge is -2.13.